The van der Waals surface area contributed by atoms with E-state index in [1.54, 1.807) is 13.2 Å². The highest BCUT2D eigenvalue weighted by molar-refractivity contribution is 6.12. The summed E-state index contributed by atoms with van der Waals surface area (Å²) in [6, 6.07) is 17.8. The molecule has 33 heavy (non-hydrogen) atoms. The topological polar surface area (TPSA) is 64.6 Å². The van der Waals surface area contributed by atoms with Crippen molar-refractivity contribution in [2.45, 2.75) is 45.1 Å². The summed E-state index contributed by atoms with van der Waals surface area (Å²) in [5.41, 5.74) is 5.06. The van der Waals surface area contributed by atoms with E-state index in [0.717, 1.165) is 47.2 Å². The number of allylic oxidation sites excluding steroid dienone is 1. The standard InChI is InChI=1S/C28H27NO4/c1-3-7-25(31)33-23-15-13-18(16-24(23)32-2)28-27-20(10-6-11-22(27)30)26-19-9-5-4-8-17(19)12-14-21(26)29-28/h4-5,8-9,12-16,28-29H,3,6-7,10-11H2,1-2H3/t28-/m1/s1. The van der Waals surface area contributed by atoms with E-state index in [4.69, 9.17) is 9.47 Å². The third-order valence-corrected chi connectivity index (χ3v) is 6.47. The lowest BCUT2D eigenvalue weighted by Gasteiger charge is -2.35. The van der Waals surface area contributed by atoms with E-state index >= 15 is 0 Å². The molecule has 1 atom stereocenters. The van der Waals surface area contributed by atoms with Crippen LogP contribution in [0.3, 0.4) is 0 Å². The van der Waals surface area contributed by atoms with Crippen molar-refractivity contribution in [3.8, 4) is 11.5 Å². The van der Waals surface area contributed by atoms with Crippen LogP contribution in [0.2, 0.25) is 0 Å². The van der Waals surface area contributed by atoms with E-state index in [-0.39, 0.29) is 17.8 Å². The monoisotopic (exact) mass is 441 g/mol. The average molecular weight is 442 g/mol. The maximum atomic E-state index is 13.2. The van der Waals surface area contributed by atoms with E-state index in [1.807, 2.05) is 31.2 Å². The third kappa shape index (κ3) is 3.78. The molecule has 0 spiro atoms. The summed E-state index contributed by atoms with van der Waals surface area (Å²) in [5, 5.41) is 5.96. The average Bonchev–Trinajstić information content (AvgIpc) is 2.83. The highest BCUT2D eigenvalue weighted by atomic mass is 16.6. The third-order valence-electron chi connectivity index (χ3n) is 6.47. The van der Waals surface area contributed by atoms with Crippen LogP contribution in [0.4, 0.5) is 5.69 Å². The van der Waals surface area contributed by atoms with Crippen molar-refractivity contribution in [3.05, 3.63) is 71.3 Å². The molecule has 0 aromatic heterocycles. The molecule has 168 valence electrons. The van der Waals surface area contributed by atoms with Crippen molar-refractivity contribution >= 4 is 33.8 Å². The number of carbonyl (C=O) groups is 2. The van der Waals surface area contributed by atoms with Crippen LogP contribution in [0.5, 0.6) is 11.5 Å². The van der Waals surface area contributed by atoms with Gasteiger partial charge in [0, 0.05) is 29.7 Å². The van der Waals surface area contributed by atoms with Gasteiger partial charge in [-0.25, -0.2) is 0 Å². The van der Waals surface area contributed by atoms with Gasteiger partial charge < -0.3 is 14.8 Å². The molecule has 1 heterocycles. The van der Waals surface area contributed by atoms with Crippen LogP contribution in [0.25, 0.3) is 16.3 Å². The molecule has 0 fully saturated rings. The zero-order valence-corrected chi connectivity index (χ0v) is 18.9. The van der Waals surface area contributed by atoms with Crippen molar-refractivity contribution in [2.24, 2.45) is 0 Å². The first-order valence-corrected chi connectivity index (χ1v) is 11.5. The first kappa shape index (κ1) is 21.3. The zero-order valence-electron chi connectivity index (χ0n) is 18.9. The molecule has 0 saturated heterocycles. The predicted octanol–water partition coefficient (Wildman–Crippen LogP) is 6.23. The fourth-order valence-electron chi connectivity index (χ4n) is 4.98. The van der Waals surface area contributed by atoms with Crippen molar-refractivity contribution in [3.63, 3.8) is 0 Å². The summed E-state index contributed by atoms with van der Waals surface area (Å²) >= 11 is 0. The summed E-state index contributed by atoms with van der Waals surface area (Å²) in [6.45, 7) is 1.93. The lowest BCUT2D eigenvalue weighted by Crippen LogP contribution is -2.27. The van der Waals surface area contributed by atoms with E-state index in [9.17, 15) is 9.59 Å². The van der Waals surface area contributed by atoms with Gasteiger partial charge >= 0.3 is 5.97 Å². The number of hydrogen-bond acceptors (Lipinski definition) is 5. The fourth-order valence-corrected chi connectivity index (χ4v) is 4.98. The minimum absolute atomic E-state index is 0.185. The Morgan fingerprint density at radius 1 is 1.06 bits per heavy atom. The first-order valence-electron chi connectivity index (χ1n) is 11.5. The van der Waals surface area contributed by atoms with E-state index < -0.39 is 0 Å². The van der Waals surface area contributed by atoms with Crippen molar-refractivity contribution in [1.82, 2.24) is 0 Å². The normalized spacial score (nSPS) is 17.3. The Morgan fingerprint density at radius 2 is 1.91 bits per heavy atom. The second-order valence-corrected chi connectivity index (χ2v) is 8.59. The quantitative estimate of drug-likeness (QED) is 0.376. The van der Waals surface area contributed by atoms with Gasteiger partial charge in [0.25, 0.3) is 0 Å². The first-order chi connectivity index (χ1) is 16.1. The van der Waals surface area contributed by atoms with Gasteiger partial charge in [0.15, 0.2) is 17.3 Å². The number of carbonyl (C=O) groups excluding carboxylic acids is 2. The number of ether oxygens (including phenoxy) is 2. The smallest absolute Gasteiger partial charge is 0.311 e. The number of nitrogens with one attached hydrogen (secondary N) is 1. The number of methoxy groups -OCH3 is 1. The van der Waals surface area contributed by atoms with E-state index in [0.29, 0.717) is 24.3 Å². The number of ketones is 1. The van der Waals surface area contributed by atoms with Gasteiger partial charge in [0.2, 0.25) is 0 Å². The molecule has 5 heteroatoms. The summed E-state index contributed by atoms with van der Waals surface area (Å²) in [5.74, 6) is 0.775. The molecule has 3 aromatic carbocycles. The van der Waals surface area contributed by atoms with Gasteiger partial charge in [0.05, 0.1) is 13.2 Å². The summed E-state index contributed by atoms with van der Waals surface area (Å²) in [4.78, 5) is 25.2. The molecule has 5 rings (SSSR count). The van der Waals surface area contributed by atoms with Gasteiger partial charge in [0.1, 0.15) is 0 Å². The maximum Gasteiger partial charge on any atom is 0.311 e. The number of anilines is 1. The van der Waals surface area contributed by atoms with Crippen molar-refractivity contribution < 1.29 is 19.1 Å². The van der Waals surface area contributed by atoms with Crippen LogP contribution >= 0.6 is 0 Å². The Kier molecular flexibility index (Phi) is 5.63. The summed E-state index contributed by atoms with van der Waals surface area (Å²) in [7, 11) is 1.56. The molecular formula is C28H27NO4. The Hall–Kier alpha value is -3.60. The SMILES string of the molecule is CCCC(=O)Oc1ccc([C@H]2Nc3ccc4ccccc4c3C3=C2C(=O)CCC3)cc1OC. The van der Waals surface area contributed by atoms with Gasteiger partial charge in [-0.3, -0.25) is 9.59 Å². The minimum Gasteiger partial charge on any atom is -0.493 e. The molecule has 1 aliphatic carbocycles. The summed E-state index contributed by atoms with van der Waals surface area (Å²) < 4.78 is 11.0. The molecule has 0 unspecified atom stereocenters. The van der Waals surface area contributed by atoms with Crippen LogP contribution < -0.4 is 14.8 Å². The molecular weight excluding hydrogens is 414 g/mol. The van der Waals surface area contributed by atoms with Gasteiger partial charge in [-0.2, -0.15) is 0 Å². The molecule has 5 nitrogen and oxygen atoms in total. The number of esters is 1. The lowest BCUT2D eigenvalue weighted by atomic mass is 9.77. The largest absolute Gasteiger partial charge is 0.493 e. The molecule has 1 N–H and O–H groups in total. The van der Waals surface area contributed by atoms with Crippen LogP contribution in [-0.4, -0.2) is 18.9 Å². The maximum absolute atomic E-state index is 13.2. The van der Waals surface area contributed by atoms with Crippen LogP contribution in [0, 0.1) is 0 Å². The minimum atomic E-state index is -0.285. The molecule has 0 amide bonds. The Balaban J connectivity index is 1.61. The molecule has 0 saturated carbocycles. The number of hydrogen-bond donors (Lipinski definition) is 1. The highest BCUT2D eigenvalue weighted by Crippen LogP contribution is 2.48. The number of fused-ring (bicyclic) bond motifs is 4. The molecule has 2 aliphatic rings. The van der Waals surface area contributed by atoms with Crippen LogP contribution in [-0.2, 0) is 9.59 Å². The summed E-state index contributed by atoms with van der Waals surface area (Å²) in [6.07, 6.45) is 3.37. The van der Waals surface area contributed by atoms with Crippen LogP contribution in [0.15, 0.2) is 60.2 Å². The number of benzene rings is 3. The van der Waals surface area contributed by atoms with Crippen molar-refractivity contribution in [2.75, 3.05) is 12.4 Å². The zero-order chi connectivity index (χ0) is 22.9. The fraction of sp³-hybridized carbons (Fsp3) is 0.286. The van der Waals surface area contributed by atoms with E-state index in [2.05, 4.69) is 29.6 Å². The predicted molar refractivity (Wildman–Crippen MR) is 130 cm³/mol. The van der Waals surface area contributed by atoms with Gasteiger partial charge in [-0.15, -0.1) is 0 Å². The molecule has 1 aliphatic heterocycles. The molecule has 3 aromatic rings. The van der Waals surface area contributed by atoms with Crippen molar-refractivity contribution in [1.29, 1.82) is 0 Å². The van der Waals surface area contributed by atoms with Gasteiger partial charge in [-0.05, 0) is 59.4 Å². The van der Waals surface area contributed by atoms with Crippen LogP contribution in [0.1, 0.15) is 56.2 Å². The highest BCUT2D eigenvalue weighted by Gasteiger charge is 2.35. The molecule has 0 radical (unpaired) electrons. The Labute approximate surface area is 193 Å². The van der Waals surface area contributed by atoms with Gasteiger partial charge in [-0.1, -0.05) is 43.3 Å². The second-order valence-electron chi connectivity index (χ2n) is 8.59. The number of Topliss-reactive ketones (excluding diaryl/α,β-unsaturated/α-hetero) is 1. The van der Waals surface area contributed by atoms with E-state index in [1.165, 1.54) is 10.8 Å². The lowest BCUT2D eigenvalue weighted by molar-refractivity contribution is -0.134. The second kappa shape index (κ2) is 8.74. The molecule has 0 bridgehead atoms. The Bertz CT molecular complexity index is 1290. The number of rotatable bonds is 5. The Morgan fingerprint density at radius 3 is 2.73 bits per heavy atom.